The van der Waals surface area contributed by atoms with Crippen LogP contribution in [0.25, 0.3) is 0 Å². The summed E-state index contributed by atoms with van der Waals surface area (Å²) in [5, 5.41) is 18.5. The van der Waals surface area contributed by atoms with Crippen molar-refractivity contribution in [1.82, 2.24) is 0 Å². The number of ether oxygens (including phenoxy) is 1. The monoisotopic (exact) mass is 291 g/mol. The van der Waals surface area contributed by atoms with Gasteiger partial charge in [0.1, 0.15) is 17.3 Å². The smallest absolute Gasteiger partial charge is 0.142 e. The van der Waals surface area contributed by atoms with E-state index < -0.39 is 11.9 Å². The summed E-state index contributed by atoms with van der Waals surface area (Å²) in [6.45, 7) is 1.59. The third kappa shape index (κ3) is 3.08. The van der Waals surface area contributed by atoms with E-state index in [1.807, 2.05) is 6.07 Å². The van der Waals surface area contributed by atoms with Crippen LogP contribution in [0.1, 0.15) is 24.2 Å². The first-order valence-electron chi connectivity index (χ1n) is 5.86. The average molecular weight is 292 g/mol. The quantitative estimate of drug-likeness (QED) is 0.922. The SMILES string of the molecule is CC(O)c1ccc(C#N)cc1Oc1ccc(F)c(Cl)c1. The average Bonchev–Trinajstić information content (AvgIpc) is 2.42. The van der Waals surface area contributed by atoms with Crippen LogP contribution in [0.2, 0.25) is 5.02 Å². The third-order valence-corrected chi connectivity index (χ3v) is 3.00. The van der Waals surface area contributed by atoms with Crippen LogP contribution in [0.5, 0.6) is 11.5 Å². The van der Waals surface area contributed by atoms with Gasteiger partial charge in [-0.25, -0.2) is 4.39 Å². The Labute approximate surface area is 120 Å². The van der Waals surface area contributed by atoms with Crippen molar-refractivity contribution in [2.75, 3.05) is 0 Å². The van der Waals surface area contributed by atoms with Crippen molar-refractivity contribution in [3.63, 3.8) is 0 Å². The first-order chi connectivity index (χ1) is 9.51. The second kappa shape index (κ2) is 5.91. The molecule has 5 heteroatoms. The van der Waals surface area contributed by atoms with Crippen molar-refractivity contribution in [2.24, 2.45) is 0 Å². The van der Waals surface area contributed by atoms with Gasteiger partial charge in [-0.2, -0.15) is 5.26 Å². The lowest BCUT2D eigenvalue weighted by molar-refractivity contribution is 0.195. The molecule has 2 rings (SSSR count). The van der Waals surface area contributed by atoms with Crippen molar-refractivity contribution in [3.8, 4) is 17.6 Å². The number of aliphatic hydroxyl groups excluding tert-OH is 1. The Hall–Kier alpha value is -2.09. The molecule has 1 N–H and O–H groups in total. The Morgan fingerprint density at radius 1 is 1.30 bits per heavy atom. The maximum atomic E-state index is 13.1. The zero-order chi connectivity index (χ0) is 14.7. The van der Waals surface area contributed by atoms with Crippen LogP contribution >= 0.6 is 11.6 Å². The molecule has 2 aromatic rings. The highest BCUT2D eigenvalue weighted by Gasteiger charge is 2.12. The normalized spacial score (nSPS) is 11.8. The molecule has 2 aromatic carbocycles. The van der Waals surface area contributed by atoms with Crippen LogP contribution in [-0.4, -0.2) is 5.11 Å². The molecule has 0 aliphatic rings. The minimum absolute atomic E-state index is 0.0578. The van der Waals surface area contributed by atoms with Gasteiger partial charge in [0.05, 0.1) is 22.8 Å². The molecule has 0 bridgehead atoms. The van der Waals surface area contributed by atoms with E-state index in [0.717, 1.165) is 0 Å². The number of aliphatic hydroxyl groups is 1. The van der Waals surface area contributed by atoms with Crippen LogP contribution in [-0.2, 0) is 0 Å². The summed E-state index contributed by atoms with van der Waals surface area (Å²) in [4.78, 5) is 0. The summed E-state index contributed by atoms with van der Waals surface area (Å²) in [7, 11) is 0. The van der Waals surface area contributed by atoms with E-state index in [2.05, 4.69) is 0 Å². The molecule has 0 saturated carbocycles. The lowest BCUT2D eigenvalue weighted by Crippen LogP contribution is -1.97. The van der Waals surface area contributed by atoms with Crippen LogP contribution in [0.3, 0.4) is 0 Å². The van der Waals surface area contributed by atoms with Crippen LogP contribution in [0, 0.1) is 17.1 Å². The molecule has 0 saturated heterocycles. The Morgan fingerprint density at radius 2 is 2.05 bits per heavy atom. The van der Waals surface area contributed by atoms with Crippen molar-refractivity contribution >= 4 is 11.6 Å². The maximum Gasteiger partial charge on any atom is 0.142 e. The van der Waals surface area contributed by atoms with Gasteiger partial charge in [-0.15, -0.1) is 0 Å². The zero-order valence-corrected chi connectivity index (χ0v) is 11.4. The number of nitriles is 1. The summed E-state index contributed by atoms with van der Waals surface area (Å²) < 4.78 is 18.7. The van der Waals surface area contributed by atoms with Crippen molar-refractivity contribution < 1.29 is 14.2 Å². The molecule has 0 heterocycles. The lowest BCUT2D eigenvalue weighted by atomic mass is 10.1. The molecular weight excluding hydrogens is 281 g/mol. The highest BCUT2D eigenvalue weighted by molar-refractivity contribution is 6.30. The second-order valence-corrected chi connectivity index (χ2v) is 4.63. The van der Waals surface area contributed by atoms with E-state index in [9.17, 15) is 9.50 Å². The molecule has 0 amide bonds. The van der Waals surface area contributed by atoms with Crippen molar-refractivity contribution in [1.29, 1.82) is 5.26 Å². The van der Waals surface area contributed by atoms with Crippen LogP contribution < -0.4 is 4.74 Å². The molecule has 0 fully saturated rings. The fourth-order valence-electron chi connectivity index (χ4n) is 1.70. The molecule has 20 heavy (non-hydrogen) atoms. The van der Waals surface area contributed by atoms with E-state index in [-0.39, 0.29) is 5.02 Å². The number of halogens is 2. The highest BCUT2D eigenvalue weighted by atomic mass is 35.5. The largest absolute Gasteiger partial charge is 0.457 e. The van der Waals surface area contributed by atoms with E-state index in [4.69, 9.17) is 21.6 Å². The molecule has 0 aliphatic carbocycles. The zero-order valence-electron chi connectivity index (χ0n) is 10.6. The molecule has 0 spiro atoms. The molecule has 1 atom stereocenters. The van der Waals surface area contributed by atoms with Gasteiger partial charge in [0.15, 0.2) is 0 Å². The first kappa shape index (κ1) is 14.3. The molecule has 102 valence electrons. The van der Waals surface area contributed by atoms with Crippen LogP contribution in [0.4, 0.5) is 4.39 Å². The number of hydrogen-bond donors (Lipinski definition) is 1. The third-order valence-electron chi connectivity index (χ3n) is 2.71. The Kier molecular flexibility index (Phi) is 4.23. The number of nitrogens with zero attached hydrogens (tertiary/aromatic N) is 1. The minimum Gasteiger partial charge on any atom is -0.457 e. The molecule has 3 nitrogen and oxygen atoms in total. The molecule has 1 unspecified atom stereocenters. The summed E-state index contributed by atoms with van der Waals surface area (Å²) in [5.41, 5.74) is 0.932. The minimum atomic E-state index is -0.756. The fraction of sp³-hybridized carbons (Fsp3) is 0.133. The standard InChI is InChI=1S/C15H11ClFNO2/c1-9(19)12-4-2-10(8-18)6-15(12)20-11-3-5-14(17)13(16)7-11/h2-7,9,19H,1H3. The van der Waals surface area contributed by atoms with E-state index in [1.165, 1.54) is 24.3 Å². The van der Waals surface area contributed by atoms with Crippen LogP contribution in [0.15, 0.2) is 36.4 Å². The number of rotatable bonds is 3. The van der Waals surface area contributed by atoms with Gasteiger partial charge in [0.25, 0.3) is 0 Å². The molecule has 0 radical (unpaired) electrons. The second-order valence-electron chi connectivity index (χ2n) is 4.22. The Bertz CT molecular complexity index is 680. The molecule has 0 aliphatic heterocycles. The van der Waals surface area contributed by atoms with E-state index in [1.54, 1.807) is 19.1 Å². The summed E-state index contributed by atoms with van der Waals surface area (Å²) in [5.74, 6) is 0.121. The first-order valence-corrected chi connectivity index (χ1v) is 6.24. The van der Waals surface area contributed by atoms with Crippen molar-refractivity contribution in [2.45, 2.75) is 13.0 Å². The lowest BCUT2D eigenvalue weighted by Gasteiger charge is -2.13. The summed E-state index contributed by atoms with van der Waals surface area (Å²) >= 11 is 5.68. The topological polar surface area (TPSA) is 53.2 Å². The Morgan fingerprint density at radius 3 is 2.65 bits per heavy atom. The molecular formula is C15H11ClFNO2. The Balaban J connectivity index is 2.40. The highest BCUT2D eigenvalue weighted by Crippen LogP contribution is 2.32. The van der Waals surface area contributed by atoms with Gasteiger partial charge < -0.3 is 9.84 Å². The van der Waals surface area contributed by atoms with E-state index in [0.29, 0.717) is 22.6 Å². The fourth-order valence-corrected chi connectivity index (χ4v) is 1.88. The number of benzene rings is 2. The maximum absolute atomic E-state index is 13.1. The van der Waals surface area contributed by atoms with Gasteiger partial charge in [-0.3, -0.25) is 0 Å². The van der Waals surface area contributed by atoms with Gasteiger partial charge >= 0.3 is 0 Å². The summed E-state index contributed by atoms with van der Waals surface area (Å²) in [6, 6.07) is 10.7. The van der Waals surface area contributed by atoms with E-state index >= 15 is 0 Å². The predicted molar refractivity (Wildman–Crippen MR) is 73.3 cm³/mol. The van der Waals surface area contributed by atoms with Gasteiger partial charge in [-0.05, 0) is 31.2 Å². The van der Waals surface area contributed by atoms with Gasteiger partial charge in [0.2, 0.25) is 0 Å². The summed E-state index contributed by atoms with van der Waals surface area (Å²) in [6.07, 6.45) is -0.756. The molecule has 0 aromatic heterocycles. The van der Waals surface area contributed by atoms with Crippen molar-refractivity contribution in [3.05, 3.63) is 58.4 Å². The van der Waals surface area contributed by atoms with Gasteiger partial charge in [-0.1, -0.05) is 17.7 Å². The number of hydrogen-bond acceptors (Lipinski definition) is 3. The van der Waals surface area contributed by atoms with Gasteiger partial charge in [0, 0.05) is 11.6 Å². The predicted octanol–water partition coefficient (Wildman–Crippen LogP) is 4.20.